The van der Waals surface area contributed by atoms with Crippen LogP contribution in [0.15, 0.2) is 0 Å². The smallest absolute Gasteiger partial charge is 0.469 e. The van der Waals surface area contributed by atoms with E-state index < -0.39 is 44.8 Å². The fraction of sp³-hybridized carbons (Fsp3) is 0.857. The van der Waals surface area contributed by atoms with Crippen LogP contribution in [0.4, 0.5) is 0 Å². The summed E-state index contributed by atoms with van der Waals surface area (Å²) in [6, 6.07) is 0. The van der Waals surface area contributed by atoms with Gasteiger partial charge >= 0.3 is 13.8 Å². The van der Waals surface area contributed by atoms with Gasteiger partial charge in [-0.2, -0.15) is 0 Å². The quantitative estimate of drug-likeness (QED) is 0.367. The van der Waals surface area contributed by atoms with Crippen molar-refractivity contribution >= 4 is 13.8 Å². The molecule has 5 N–H and O–H groups in total. The number of aliphatic hydroxyl groups excluding tert-OH is 2. The molecular weight excluding hydrogens is 259 g/mol. The van der Waals surface area contributed by atoms with Crippen LogP contribution in [0, 0.1) is 0 Å². The van der Waals surface area contributed by atoms with Gasteiger partial charge in [0, 0.05) is 6.42 Å². The lowest BCUT2D eigenvalue weighted by Crippen LogP contribution is -2.52. The summed E-state index contributed by atoms with van der Waals surface area (Å²) >= 11 is 0. The van der Waals surface area contributed by atoms with Crippen LogP contribution < -0.4 is 0 Å². The van der Waals surface area contributed by atoms with Gasteiger partial charge in [-0.25, -0.2) is 9.36 Å². The first kappa shape index (κ1) is 14.5. The normalized spacial score (nSPS) is 34.6. The van der Waals surface area contributed by atoms with Crippen molar-refractivity contribution in [2.24, 2.45) is 0 Å². The number of carboxylic acids is 1. The second kappa shape index (κ2) is 5.40. The predicted octanol–water partition coefficient (Wildman–Crippen LogP) is -1.94. The third-order valence-corrected chi connectivity index (χ3v) is 2.74. The van der Waals surface area contributed by atoms with Crippen LogP contribution in [0.5, 0.6) is 0 Å². The Balaban J connectivity index is 2.62. The van der Waals surface area contributed by atoms with Crippen LogP contribution in [0.3, 0.4) is 0 Å². The average Bonchev–Trinajstić information content (AvgIpc) is 2.18. The van der Waals surface area contributed by atoms with Crippen LogP contribution in [0.2, 0.25) is 0 Å². The first-order valence-electron chi connectivity index (χ1n) is 4.65. The van der Waals surface area contributed by atoms with Gasteiger partial charge in [0.2, 0.25) is 0 Å². The largest absolute Gasteiger partial charge is 0.479 e. The minimum atomic E-state index is -4.74. The number of carbonyl (C=O) groups is 1. The highest BCUT2D eigenvalue weighted by Crippen LogP contribution is 2.36. The molecule has 0 bridgehead atoms. The summed E-state index contributed by atoms with van der Waals surface area (Å²) in [7, 11) is -4.74. The van der Waals surface area contributed by atoms with Gasteiger partial charge in [-0.3, -0.25) is 4.52 Å². The van der Waals surface area contributed by atoms with Crippen molar-refractivity contribution < 1.29 is 43.7 Å². The monoisotopic (exact) mass is 272 g/mol. The molecule has 1 fully saturated rings. The summed E-state index contributed by atoms with van der Waals surface area (Å²) in [5.74, 6) is -1.34. The van der Waals surface area contributed by atoms with Crippen molar-refractivity contribution in [2.45, 2.75) is 30.8 Å². The number of hydrogen-bond acceptors (Lipinski definition) is 6. The van der Waals surface area contributed by atoms with Crippen LogP contribution in [-0.2, 0) is 18.6 Å². The van der Waals surface area contributed by atoms with E-state index in [0.29, 0.717) is 0 Å². The molecule has 0 aliphatic carbocycles. The Morgan fingerprint density at radius 1 is 1.41 bits per heavy atom. The highest BCUT2D eigenvalue weighted by Gasteiger charge is 2.40. The molecule has 10 heteroatoms. The zero-order valence-corrected chi connectivity index (χ0v) is 9.43. The van der Waals surface area contributed by atoms with E-state index in [2.05, 4.69) is 4.52 Å². The molecule has 0 aromatic carbocycles. The van der Waals surface area contributed by atoms with Gasteiger partial charge in [0.05, 0.1) is 12.7 Å². The van der Waals surface area contributed by atoms with E-state index >= 15 is 0 Å². The minimum Gasteiger partial charge on any atom is -0.479 e. The van der Waals surface area contributed by atoms with Gasteiger partial charge in [0.25, 0.3) is 0 Å². The number of carboxylic acid groups (broad SMARTS) is 1. The number of rotatable bonds is 4. The van der Waals surface area contributed by atoms with Crippen molar-refractivity contribution in [3.8, 4) is 0 Å². The molecule has 1 saturated heterocycles. The molecule has 17 heavy (non-hydrogen) atoms. The van der Waals surface area contributed by atoms with Gasteiger partial charge < -0.3 is 29.8 Å². The number of aliphatic hydroxyl groups is 2. The number of aliphatic carboxylic acids is 1. The molecule has 100 valence electrons. The topological polar surface area (TPSA) is 154 Å². The Morgan fingerprint density at radius 2 is 2.00 bits per heavy atom. The summed E-state index contributed by atoms with van der Waals surface area (Å²) < 4.78 is 19.4. The van der Waals surface area contributed by atoms with Crippen molar-refractivity contribution in [3.63, 3.8) is 0 Å². The molecule has 0 aromatic rings. The van der Waals surface area contributed by atoms with Crippen molar-refractivity contribution in [1.82, 2.24) is 0 Å². The van der Waals surface area contributed by atoms with Crippen LogP contribution in [-0.4, -0.2) is 62.1 Å². The van der Waals surface area contributed by atoms with E-state index in [4.69, 9.17) is 19.6 Å². The van der Waals surface area contributed by atoms with Gasteiger partial charge in [0.15, 0.2) is 6.10 Å². The molecule has 9 nitrogen and oxygen atoms in total. The van der Waals surface area contributed by atoms with Gasteiger partial charge in [-0.1, -0.05) is 0 Å². The molecule has 0 amide bonds. The number of ether oxygens (including phenoxy) is 1. The maximum absolute atomic E-state index is 10.6. The van der Waals surface area contributed by atoms with Gasteiger partial charge in [0.1, 0.15) is 12.2 Å². The first-order valence-corrected chi connectivity index (χ1v) is 6.18. The first-order chi connectivity index (χ1) is 7.70. The fourth-order valence-corrected chi connectivity index (χ4v) is 1.76. The number of hydrogen-bond donors (Lipinski definition) is 5. The standard InChI is InChI=1S/C7H13O9P/c8-3-1-4(7(10)11)16-5(6(3)9)2-15-17(12,13)14/h3-6,8-9H,1-2H2,(H,10,11)(H2,12,13,14)/t3-,4+,5-,6+/m1/s1. The van der Waals surface area contributed by atoms with Crippen LogP contribution >= 0.6 is 7.82 Å². The zero-order valence-electron chi connectivity index (χ0n) is 8.54. The number of phosphoric acid groups is 1. The van der Waals surface area contributed by atoms with E-state index in [0.717, 1.165) is 0 Å². The van der Waals surface area contributed by atoms with Gasteiger partial charge in [-0.15, -0.1) is 0 Å². The van der Waals surface area contributed by atoms with E-state index in [-0.39, 0.29) is 6.42 Å². The fourth-order valence-electron chi connectivity index (χ4n) is 1.42. The number of phosphoric ester groups is 1. The Hall–Kier alpha value is -0.540. The van der Waals surface area contributed by atoms with E-state index in [1.165, 1.54) is 0 Å². The molecule has 0 spiro atoms. The van der Waals surface area contributed by atoms with E-state index in [1.54, 1.807) is 0 Å². The molecular formula is C7H13O9P. The van der Waals surface area contributed by atoms with Crippen molar-refractivity contribution in [3.05, 3.63) is 0 Å². The lowest BCUT2D eigenvalue weighted by molar-refractivity contribution is -0.195. The SMILES string of the molecule is O=C(O)[C@@H]1C[C@@H](O)[C@H](O)[C@@H](COP(=O)(O)O)O1. The molecule has 0 aromatic heterocycles. The zero-order chi connectivity index (χ0) is 13.2. The highest BCUT2D eigenvalue weighted by molar-refractivity contribution is 7.46. The third-order valence-electron chi connectivity index (χ3n) is 2.25. The molecule has 1 aliphatic heterocycles. The molecule has 1 aliphatic rings. The average molecular weight is 272 g/mol. The molecule has 4 atom stereocenters. The van der Waals surface area contributed by atoms with E-state index in [1.807, 2.05) is 0 Å². The Kier molecular flexibility index (Phi) is 4.62. The molecule has 0 unspecified atom stereocenters. The van der Waals surface area contributed by atoms with Crippen LogP contribution in [0.25, 0.3) is 0 Å². The third kappa shape index (κ3) is 4.32. The second-order valence-electron chi connectivity index (χ2n) is 3.58. The van der Waals surface area contributed by atoms with Crippen molar-refractivity contribution in [2.75, 3.05) is 6.61 Å². The summed E-state index contributed by atoms with van der Waals surface area (Å²) in [6.07, 6.45) is -5.78. The Bertz CT molecular complexity index is 325. The summed E-state index contributed by atoms with van der Waals surface area (Å²) in [4.78, 5) is 27.5. The van der Waals surface area contributed by atoms with Crippen molar-refractivity contribution in [1.29, 1.82) is 0 Å². The van der Waals surface area contributed by atoms with E-state index in [9.17, 15) is 19.6 Å². The maximum Gasteiger partial charge on any atom is 0.469 e. The summed E-state index contributed by atoms with van der Waals surface area (Å²) in [6.45, 7) is -0.716. The summed E-state index contributed by atoms with van der Waals surface area (Å²) in [5, 5.41) is 27.5. The minimum absolute atomic E-state index is 0.303. The highest BCUT2D eigenvalue weighted by atomic mass is 31.2. The maximum atomic E-state index is 10.6. The van der Waals surface area contributed by atoms with Crippen LogP contribution in [0.1, 0.15) is 6.42 Å². The molecule has 0 saturated carbocycles. The van der Waals surface area contributed by atoms with Gasteiger partial charge in [-0.05, 0) is 0 Å². The molecule has 1 rings (SSSR count). The Morgan fingerprint density at radius 3 is 2.47 bits per heavy atom. The molecule has 1 heterocycles. The predicted molar refractivity (Wildman–Crippen MR) is 50.9 cm³/mol. The molecule has 0 radical (unpaired) electrons. The Labute approximate surface area is 95.8 Å². The summed E-state index contributed by atoms with van der Waals surface area (Å²) in [5.41, 5.74) is 0. The second-order valence-corrected chi connectivity index (χ2v) is 4.82. The lowest BCUT2D eigenvalue weighted by Gasteiger charge is -2.35. The lowest BCUT2D eigenvalue weighted by atomic mass is 9.98.